The van der Waals surface area contributed by atoms with E-state index in [1.54, 1.807) is 0 Å². The molecule has 0 aliphatic heterocycles. The van der Waals surface area contributed by atoms with E-state index < -0.39 is 0 Å². The minimum absolute atomic E-state index is 0.268. The molecule has 0 radical (unpaired) electrons. The van der Waals surface area contributed by atoms with Crippen molar-refractivity contribution in [2.75, 3.05) is 18.5 Å². The van der Waals surface area contributed by atoms with Crippen molar-refractivity contribution in [3.05, 3.63) is 35.5 Å². The van der Waals surface area contributed by atoms with Crippen molar-refractivity contribution in [1.82, 2.24) is 4.98 Å². The number of nitrogens with zero attached hydrogens (tertiary/aromatic N) is 1. The summed E-state index contributed by atoms with van der Waals surface area (Å²) < 4.78 is 0. The standard InChI is InChI=1S/C15H17ClN2O/c16-11-1-2-13-12(9-11)14(3-7-17-13)18-10-15(4-5-15)6-8-19/h1-3,7,9,19H,4-6,8,10H2,(H,17,18). The number of aromatic nitrogens is 1. The van der Waals surface area contributed by atoms with Gasteiger partial charge >= 0.3 is 0 Å². The molecule has 0 atom stereocenters. The van der Waals surface area contributed by atoms with Gasteiger partial charge in [0, 0.05) is 35.4 Å². The molecule has 3 nitrogen and oxygen atoms in total. The van der Waals surface area contributed by atoms with Gasteiger partial charge in [-0.1, -0.05) is 11.6 Å². The van der Waals surface area contributed by atoms with Crippen LogP contribution >= 0.6 is 11.6 Å². The summed E-state index contributed by atoms with van der Waals surface area (Å²) in [5.74, 6) is 0. The summed E-state index contributed by atoms with van der Waals surface area (Å²) in [4.78, 5) is 4.34. The van der Waals surface area contributed by atoms with E-state index in [-0.39, 0.29) is 6.61 Å². The van der Waals surface area contributed by atoms with E-state index in [9.17, 15) is 0 Å². The van der Waals surface area contributed by atoms with E-state index in [1.165, 1.54) is 12.8 Å². The van der Waals surface area contributed by atoms with Crippen LogP contribution in [-0.4, -0.2) is 23.2 Å². The van der Waals surface area contributed by atoms with E-state index >= 15 is 0 Å². The SMILES string of the molecule is OCCC1(CNc2ccnc3ccc(Cl)cc23)CC1. The topological polar surface area (TPSA) is 45.1 Å². The van der Waals surface area contributed by atoms with Crippen molar-refractivity contribution in [2.45, 2.75) is 19.3 Å². The zero-order valence-corrected chi connectivity index (χ0v) is 11.5. The minimum Gasteiger partial charge on any atom is -0.396 e. The molecule has 0 unspecified atom stereocenters. The second kappa shape index (κ2) is 4.99. The second-order valence-corrected chi connectivity index (χ2v) is 5.78. The minimum atomic E-state index is 0.268. The summed E-state index contributed by atoms with van der Waals surface area (Å²) in [6.07, 6.45) is 5.09. The van der Waals surface area contributed by atoms with Crippen LogP contribution in [0.5, 0.6) is 0 Å². The molecule has 2 N–H and O–H groups in total. The number of fused-ring (bicyclic) bond motifs is 1. The highest BCUT2D eigenvalue weighted by atomic mass is 35.5. The Morgan fingerprint density at radius 3 is 2.89 bits per heavy atom. The Labute approximate surface area is 117 Å². The summed E-state index contributed by atoms with van der Waals surface area (Å²) in [6, 6.07) is 7.71. The number of hydrogen-bond acceptors (Lipinski definition) is 3. The first kappa shape index (κ1) is 12.7. The molecule has 19 heavy (non-hydrogen) atoms. The second-order valence-electron chi connectivity index (χ2n) is 5.35. The molecule has 0 bridgehead atoms. The average Bonchev–Trinajstić information content (AvgIpc) is 3.17. The highest BCUT2D eigenvalue weighted by Crippen LogP contribution is 2.48. The largest absolute Gasteiger partial charge is 0.396 e. The van der Waals surface area contributed by atoms with Crippen LogP contribution in [0.2, 0.25) is 5.02 Å². The van der Waals surface area contributed by atoms with Crippen molar-refractivity contribution < 1.29 is 5.11 Å². The Kier molecular flexibility index (Phi) is 3.33. The lowest BCUT2D eigenvalue weighted by atomic mass is 10.0. The van der Waals surface area contributed by atoms with Crippen molar-refractivity contribution in [3.63, 3.8) is 0 Å². The molecule has 0 saturated heterocycles. The van der Waals surface area contributed by atoms with Crippen molar-refractivity contribution >= 4 is 28.2 Å². The van der Waals surface area contributed by atoms with Crippen LogP contribution in [0, 0.1) is 5.41 Å². The molecule has 1 aliphatic carbocycles. The molecule has 3 rings (SSSR count). The Balaban J connectivity index is 1.83. The molecule has 1 heterocycles. The first-order valence-electron chi connectivity index (χ1n) is 6.61. The third-order valence-corrected chi connectivity index (χ3v) is 4.19. The Morgan fingerprint density at radius 2 is 2.16 bits per heavy atom. The molecule has 1 aromatic carbocycles. The Hall–Kier alpha value is -1.32. The van der Waals surface area contributed by atoms with Gasteiger partial charge in [-0.15, -0.1) is 0 Å². The summed E-state index contributed by atoms with van der Waals surface area (Å²) in [7, 11) is 0. The fourth-order valence-corrected chi connectivity index (χ4v) is 2.66. The monoisotopic (exact) mass is 276 g/mol. The summed E-state index contributed by atoms with van der Waals surface area (Å²) in [6.45, 7) is 1.17. The maximum atomic E-state index is 9.09. The van der Waals surface area contributed by atoms with Gasteiger partial charge in [0.05, 0.1) is 5.52 Å². The maximum Gasteiger partial charge on any atom is 0.0723 e. The molecule has 0 spiro atoms. The van der Waals surface area contributed by atoms with Crippen molar-refractivity contribution in [2.24, 2.45) is 5.41 Å². The number of anilines is 1. The third kappa shape index (κ3) is 2.67. The number of halogens is 1. The van der Waals surface area contributed by atoms with Gasteiger partial charge in [0.25, 0.3) is 0 Å². The van der Waals surface area contributed by atoms with Crippen molar-refractivity contribution in [3.8, 4) is 0 Å². The van der Waals surface area contributed by atoms with Gasteiger partial charge in [0.15, 0.2) is 0 Å². The van der Waals surface area contributed by atoms with Crippen LogP contribution < -0.4 is 5.32 Å². The van der Waals surface area contributed by atoms with E-state index in [2.05, 4.69) is 10.3 Å². The number of aliphatic hydroxyl groups is 1. The number of benzene rings is 1. The van der Waals surface area contributed by atoms with E-state index in [1.807, 2.05) is 30.5 Å². The van der Waals surface area contributed by atoms with Gasteiger partial charge in [0.1, 0.15) is 0 Å². The fraction of sp³-hybridized carbons (Fsp3) is 0.400. The van der Waals surface area contributed by atoms with Crippen LogP contribution in [0.1, 0.15) is 19.3 Å². The number of hydrogen-bond donors (Lipinski definition) is 2. The zero-order chi connectivity index (χ0) is 13.3. The van der Waals surface area contributed by atoms with Gasteiger partial charge in [-0.05, 0) is 48.9 Å². The van der Waals surface area contributed by atoms with Gasteiger partial charge in [0.2, 0.25) is 0 Å². The molecule has 1 aromatic heterocycles. The quantitative estimate of drug-likeness (QED) is 0.879. The molecule has 4 heteroatoms. The average molecular weight is 277 g/mol. The van der Waals surface area contributed by atoms with Gasteiger partial charge in [-0.2, -0.15) is 0 Å². The van der Waals surface area contributed by atoms with Crippen LogP contribution in [0.15, 0.2) is 30.5 Å². The number of rotatable bonds is 5. The van der Waals surface area contributed by atoms with Crippen LogP contribution in [0.25, 0.3) is 10.9 Å². The number of aliphatic hydroxyl groups excluding tert-OH is 1. The molecule has 1 saturated carbocycles. The first-order chi connectivity index (χ1) is 9.22. The first-order valence-corrected chi connectivity index (χ1v) is 6.99. The van der Waals surface area contributed by atoms with Crippen LogP contribution in [0.4, 0.5) is 5.69 Å². The van der Waals surface area contributed by atoms with E-state index in [4.69, 9.17) is 16.7 Å². The van der Waals surface area contributed by atoms with E-state index in [0.717, 1.165) is 34.6 Å². The predicted molar refractivity (Wildman–Crippen MR) is 78.6 cm³/mol. The highest BCUT2D eigenvalue weighted by molar-refractivity contribution is 6.31. The molecule has 1 fully saturated rings. The Morgan fingerprint density at radius 1 is 1.32 bits per heavy atom. The molecular formula is C15H17ClN2O. The summed E-state index contributed by atoms with van der Waals surface area (Å²) >= 11 is 6.05. The van der Waals surface area contributed by atoms with E-state index in [0.29, 0.717) is 5.41 Å². The predicted octanol–water partition coefficient (Wildman–Crippen LogP) is 3.46. The smallest absolute Gasteiger partial charge is 0.0723 e. The number of pyridine rings is 1. The lowest BCUT2D eigenvalue weighted by Gasteiger charge is -2.16. The highest BCUT2D eigenvalue weighted by Gasteiger charge is 2.41. The molecule has 100 valence electrons. The Bertz CT molecular complexity index is 596. The van der Waals surface area contributed by atoms with Crippen molar-refractivity contribution in [1.29, 1.82) is 0 Å². The number of nitrogens with one attached hydrogen (secondary N) is 1. The molecule has 1 aliphatic rings. The van der Waals surface area contributed by atoms with Gasteiger partial charge in [-0.3, -0.25) is 4.98 Å². The lowest BCUT2D eigenvalue weighted by molar-refractivity contribution is 0.253. The maximum absolute atomic E-state index is 9.09. The summed E-state index contributed by atoms with van der Waals surface area (Å²) in [5.41, 5.74) is 2.31. The summed E-state index contributed by atoms with van der Waals surface area (Å²) in [5, 5.41) is 14.4. The molecule has 0 amide bonds. The van der Waals surface area contributed by atoms with Crippen LogP contribution in [0.3, 0.4) is 0 Å². The normalized spacial score (nSPS) is 16.5. The third-order valence-electron chi connectivity index (χ3n) is 3.96. The van der Waals surface area contributed by atoms with Crippen LogP contribution in [-0.2, 0) is 0 Å². The zero-order valence-electron chi connectivity index (χ0n) is 10.7. The van der Waals surface area contributed by atoms with Gasteiger partial charge in [-0.25, -0.2) is 0 Å². The lowest BCUT2D eigenvalue weighted by Crippen LogP contribution is -2.16. The van der Waals surface area contributed by atoms with Gasteiger partial charge < -0.3 is 10.4 Å². The fourth-order valence-electron chi connectivity index (χ4n) is 2.48. The molecular weight excluding hydrogens is 260 g/mol. The molecule has 2 aromatic rings.